The van der Waals surface area contributed by atoms with Gasteiger partial charge in [-0.1, -0.05) is 17.7 Å². The van der Waals surface area contributed by atoms with E-state index in [1.165, 1.54) is 19.2 Å². The third kappa shape index (κ3) is 3.05. The highest BCUT2D eigenvalue weighted by Crippen LogP contribution is 2.29. The average Bonchev–Trinajstić information content (AvgIpc) is 2.48. The molecule has 0 amide bonds. The number of carbonyl (C=O) groups excluding carboxylic acids is 1. The van der Waals surface area contributed by atoms with E-state index in [0.29, 0.717) is 17.9 Å². The molecule has 0 saturated carbocycles. The molecule has 4 heteroatoms. The summed E-state index contributed by atoms with van der Waals surface area (Å²) in [7, 11) is 1.41. The van der Waals surface area contributed by atoms with E-state index in [-0.39, 0.29) is 11.3 Å². The van der Waals surface area contributed by atoms with Crippen molar-refractivity contribution >= 4 is 5.78 Å². The van der Waals surface area contributed by atoms with Crippen LogP contribution in [0.1, 0.15) is 28.4 Å². The fourth-order valence-electron chi connectivity index (χ4n) is 2.13. The van der Waals surface area contributed by atoms with E-state index in [0.717, 1.165) is 5.56 Å². The summed E-state index contributed by atoms with van der Waals surface area (Å²) in [4.78, 5) is 12.7. The number of benzene rings is 2. The van der Waals surface area contributed by atoms with Gasteiger partial charge < -0.3 is 9.47 Å². The van der Waals surface area contributed by atoms with Crippen LogP contribution in [0.15, 0.2) is 36.4 Å². The Hall–Kier alpha value is -2.36. The van der Waals surface area contributed by atoms with Gasteiger partial charge in [0.2, 0.25) is 5.78 Å². The first-order chi connectivity index (χ1) is 10.1. The lowest BCUT2D eigenvalue weighted by atomic mass is 9.99. The van der Waals surface area contributed by atoms with Gasteiger partial charge in [0.1, 0.15) is 22.9 Å². The molecule has 2 rings (SSSR count). The largest absolute Gasteiger partial charge is 0.496 e. The first-order valence-corrected chi connectivity index (χ1v) is 6.69. The molecule has 0 radical (unpaired) electrons. The lowest BCUT2D eigenvalue weighted by Crippen LogP contribution is -2.09. The minimum absolute atomic E-state index is 0.0773. The molecule has 0 N–H and O–H groups in total. The number of hydrogen-bond donors (Lipinski definition) is 0. The van der Waals surface area contributed by atoms with Crippen molar-refractivity contribution in [2.75, 3.05) is 13.7 Å². The van der Waals surface area contributed by atoms with E-state index in [4.69, 9.17) is 9.47 Å². The second kappa shape index (κ2) is 6.39. The van der Waals surface area contributed by atoms with E-state index in [2.05, 4.69) is 0 Å². The average molecular weight is 288 g/mol. The Bertz CT molecular complexity index is 665. The second-order valence-electron chi connectivity index (χ2n) is 4.58. The van der Waals surface area contributed by atoms with Crippen LogP contribution in [0.25, 0.3) is 0 Å². The molecule has 0 aromatic heterocycles. The maximum Gasteiger partial charge on any atom is 0.203 e. The molecule has 0 aliphatic heterocycles. The Labute approximate surface area is 123 Å². The van der Waals surface area contributed by atoms with Gasteiger partial charge in [-0.05, 0) is 38.1 Å². The molecule has 0 saturated heterocycles. The first kappa shape index (κ1) is 15.0. The lowest BCUT2D eigenvalue weighted by molar-refractivity contribution is 0.102. The Morgan fingerprint density at radius 1 is 1.19 bits per heavy atom. The summed E-state index contributed by atoms with van der Waals surface area (Å²) < 4.78 is 24.6. The summed E-state index contributed by atoms with van der Waals surface area (Å²) in [5.41, 5.74) is 1.16. The van der Waals surface area contributed by atoms with Crippen LogP contribution < -0.4 is 9.47 Å². The van der Waals surface area contributed by atoms with Crippen molar-refractivity contribution in [2.45, 2.75) is 13.8 Å². The maximum atomic E-state index is 14.0. The smallest absolute Gasteiger partial charge is 0.203 e. The Kier molecular flexibility index (Phi) is 4.58. The van der Waals surface area contributed by atoms with Crippen molar-refractivity contribution in [2.24, 2.45) is 0 Å². The molecule has 0 atom stereocenters. The third-order valence-electron chi connectivity index (χ3n) is 3.10. The zero-order valence-corrected chi connectivity index (χ0v) is 12.3. The maximum absolute atomic E-state index is 14.0. The molecular weight excluding hydrogens is 271 g/mol. The van der Waals surface area contributed by atoms with Gasteiger partial charge in [0.15, 0.2) is 0 Å². The number of ether oxygens (including phenoxy) is 2. The number of ketones is 1. The van der Waals surface area contributed by atoms with E-state index < -0.39 is 11.6 Å². The van der Waals surface area contributed by atoms with Gasteiger partial charge in [0.05, 0.1) is 19.3 Å². The molecule has 0 spiro atoms. The van der Waals surface area contributed by atoms with Gasteiger partial charge >= 0.3 is 0 Å². The fraction of sp³-hybridized carbons (Fsp3) is 0.235. The van der Waals surface area contributed by atoms with Gasteiger partial charge in [0, 0.05) is 0 Å². The van der Waals surface area contributed by atoms with Gasteiger partial charge in [-0.3, -0.25) is 4.79 Å². The molecule has 110 valence electrons. The summed E-state index contributed by atoms with van der Waals surface area (Å²) >= 11 is 0. The summed E-state index contributed by atoms with van der Waals surface area (Å²) in [5.74, 6) is -0.400. The standard InChI is InChI=1S/C17H17FO3/c1-4-21-14-9-8-11(2)10-12(14)17(19)16-13(18)6-5-7-15(16)20-3/h5-10H,4H2,1-3H3. The van der Waals surface area contributed by atoms with Crippen LogP contribution in [0.5, 0.6) is 11.5 Å². The monoisotopic (exact) mass is 288 g/mol. The van der Waals surface area contributed by atoms with Crippen molar-refractivity contribution in [1.82, 2.24) is 0 Å². The molecule has 0 fully saturated rings. The quantitative estimate of drug-likeness (QED) is 0.786. The van der Waals surface area contributed by atoms with Gasteiger partial charge in [-0.25, -0.2) is 4.39 Å². The van der Waals surface area contributed by atoms with E-state index in [9.17, 15) is 9.18 Å². The summed E-state index contributed by atoms with van der Waals surface area (Å²) in [6.45, 7) is 4.13. The molecule has 0 aliphatic carbocycles. The predicted molar refractivity (Wildman–Crippen MR) is 78.7 cm³/mol. The molecule has 3 nitrogen and oxygen atoms in total. The van der Waals surface area contributed by atoms with Crippen LogP contribution in [0.3, 0.4) is 0 Å². The second-order valence-corrected chi connectivity index (χ2v) is 4.58. The summed E-state index contributed by atoms with van der Waals surface area (Å²) in [5, 5.41) is 0. The number of halogens is 1. The number of carbonyl (C=O) groups is 1. The van der Waals surface area contributed by atoms with Crippen molar-refractivity contribution in [3.05, 3.63) is 58.9 Å². The minimum Gasteiger partial charge on any atom is -0.496 e. The van der Waals surface area contributed by atoms with Crippen LogP contribution >= 0.6 is 0 Å². The molecule has 0 unspecified atom stereocenters. The minimum atomic E-state index is -0.608. The SMILES string of the molecule is CCOc1ccc(C)cc1C(=O)c1c(F)cccc1OC. The van der Waals surface area contributed by atoms with Crippen molar-refractivity contribution < 1.29 is 18.7 Å². The van der Waals surface area contributed by atoms with Gasteiger partial charge in [0.25, 0.3) is 0 Å². The van der Waals surface area contributed by atoms with E-state index in [1.807, 2.05) is 19.9 Å². The van der Waals surface area contributed by atoms with Crippen LogP contribution in [0.4, 0.5) is 4.39 Å². The highest BCUT2D eigenvalue weighted by Gasteiger charge is 2.22. The molecule has 21 heavy (non-hydrogen) atoms. The van der Waals surface area contributed by atoms with Gasteiger partial charge in [-0.2, -0.15) is 0 Å². The van der Waals surface area contributed by atoms with E-state index in [1.54, 1.807) is 18.2 Å². The third-order valence-corrected chi connectivity index (χ3v) is 3.10. The summed E-state index contributed by atoms with van der Waals surface area (Å²) in [6, 6.07) is 9.57. The number of rotatable bonds is 5. The normalized spacial score (nSPS) is 10.3. The topological polar surface area (TPSA) is 35.5 Å². The fourth-order valence-corrected chi connectivity index (χ4v) is 2.13. The Balaban J connectivity index is 2.57. The first-order valence-electron chi connectivity index (χ1n) is 6.69. The highest BCUT2D eigenvalue weighted by molar-refractivity contribution is 6.12. The molecule has 2 aromatic rings. The highest BCUT2D eigenvalue weighted by atomic mass is 19.1. The zero-order chi connectivity index (χ0) is 15.4. The van der Waals surface area contributed by atoms with Crippen LogP contribution in [0, 0.1) is 12.7 Å². The van der Waals surface area contributed by atoms with Crippen LogP contribution in [-0.4, -0.2) is 19.5 Å². The number of hydrogen-bond acceptors (Lipinski definition) is 3. The molecule has 0 heterocycles. The predicted octanol–water partition coefficient (Wildman–Crippen LogP) is 3.77. The van der Waals surface area contributed by atoms with Crippen molar-refractivity contribution in [3.63, 3.8) is 0 Å². The molecule has 0 aliphatic rings. The van der Waals surface area contributed by atoms with Crippen molar-refractivity contribution in [1.29, 1.82) is 0 Å². The molecule has 2 aromatic carbocycles. The molecule has 0 bridgehead atoms. The Morgan fingerprint density at radius 2 is 1.95 bits per heavy atom. The van der Waals surface area contributed by atoms with Crippen LogP contribution in [0.2, 0.25) is 0 Å². The zero-order valence-electron chi connectivity index (χ0n) is 12.3. The lowest BCUT2D eigenvalue weighted by Gasteiger charge is -2.13. The summed E-state index contributed by atoms with van der Waals surface area (Å²) in [6.07, 6.45) is 0. The number of methoxy groups -OCH3 is 1. The van der Waals surface area contributed by atoms with Crippen molar-refractivity contribution in [3.8, 4) is 11.5 Å². The molecular formula is C17H17FO3. The van der Waals surface area contributed by atoms with Gasteiger partial charge in [-0.15, -0.1) is 0 Å². The Morgan fingerprint density at radius 3 is 2.62 bits per heavy atom. The van der Waals surface area contributed by atoms with E-state index >= 15 is 0 Å². The van der Waals surface area contributed by atoms with Crippen LogP contribution in [-0.2, 0) is 0 Å². The number of aryl methyl sites for hydroxylation is 1.